The van der Waals surface area contributed by atoms with E-state index < -0.39 is 0 Å². The summed E-state index contributed by atoms with van der Waals surface area (Å²) in [5.74, 6) is 0. The van der Waals surface area contributed by atoms with Crippen molar-refractivity contribution in [1.82, 2.24) is 14.4 Å². The first kappa shape index (κ1) is 20.7. The standard InChI is InChI=1S/C23H27ClN4O2/c1-26(17-19-4-2-3-5-21(19)24)23(29)25-20-6-7-22-18(16-20)8-9-28(22)11-10-27-12-14-30-15-13-27/h2-9,16H,10-15,17H2,1H3,(H,25,29). The number of morpholine rings is 1. The summed E-state index contributed by atoms with van der Waals surface area (Å²) < 4.78 is 7.68. The SMILES string of the molecule is CN(Cc1ccccc1Cl)C(=O)Nc1ccc2c(ccn2CCN2CCOCC2)c1. The fourth-order valence-electron chi connectivity index (χ4n) is 3.72. The van der Waals surface area contributed by atoms with Crippen molar-refractivity contribution in [3.63, 3.8) is 0 Å². The summed E-state index contributed by atoms with van der Waals surface area (Å²) in [5.41, 5.74) is 2.87. The summed E-state index contributed by atoms with van der Waals surface area (Å²) in [4.78, 5) is 16.7. The minimum Gasteiger partial charge on any atom is -0.379 e. The van der Waals surface area contributed by atoms with Gasteiger partial charge in [0.15, 0.2) is 0 Å². The van der Waals surface area contributed by atoms with Crippen LogP contribution in [-0.4, -0.2) is 60.3 Å². The van der Waals surface area contributed by atoms with Gasteiger partial charge in [0.1, 0.15) is 0 Å². The third kappa shape index (κ3) is 4.95. The normalized spacial score (nSPS) is 14.7. The Morgan fingerprint density at radius 3 is 2.73 bits per heavy atom. The Morgan fingerprint density at radius 1 is 1.13 bits per heavy atom. The second-order valence-corrected chi connectivity index (χ2v) is 8.02. The highest BCUT2D eigenvalue weighted by Gasteiger charge is 2.13. The van der Waals surface area contributed by atoms with E-state index in [2.05, 4.69) is 33.1 Å². The Bertz CT molecular complexity index is 1010. The van der Waals surface area contributed by atoms with Crippen LogP contribution >= 0.6 is 11.6 Å². The highest BCUT2D eigenvalue weighted by Crippen LogP contribution is 2.22. The van der Waals surface area contributed by atoms with Crippen LogP contribution in [0, 0.1) is 0 Å². The van der Waals surface area contributed by atoms with Crippen molar-refractivity contribution in [2.24, 2.45) is 0 Å². The summed E-state index contributed by atoms with van der Waals surface area (Å²) in [6, 6.07) is 15.5. The molecule has 0 bridgehead atoms. The lowest BCUT2D eigenvalue weighted by molar-refractivity contribution is 0.0365. The van der Waals surface area contributed by atoms with Gasteiger partial charge in [0, 0.05) is 67.6 Å². The Kier molecular flexibility index (Phi) is 6.57. The van der Waals surface area contributed by atoms with E-state index in [0.717, 1.165) is 56.0 Å². The van der Waals surface area contributed by atoms with Gasteiger partial charge in [0.25, 0.3) is 0 Å². The van der Waals surface area contributed by atoms with Crippen LogP contribution in [-0.2, 0) is 17.8 Å². The van der Waals surface area contributed by atoms with Gasteiger partial charge in [-0.1, -0.05) is 29.8 Å². The molecule has 2 amide bonds. The van der Waals surface area contributed by atoms with Crippen molar-refractivity contribution in [1.29, 1.82) is 0 Å². The first-order valence-corrected chi connectivity index (χ1v) is 10.6. The minimum absolute atomic E-state index is 0.166. The second-order valence-electron chi connectivity index (χ2n) is 7.61. The predicted molar refractivity (Wildman–Crippen MR) is 121 cm³/mol. The van der Waals surface area contributed by atoms with Gasteiger partial charge in [-0.05, 0) is 35.9 Å². The number of benzene rings is 2. The van der Waals surface area contributed by atoms with E-state index in [1.54, 1.807) is 11.9 Å². The van der Waals surface area contributed by atoms with E-state index in [0.29, 0.717) is 11.6 Å². The highest BCUT2D eigenvalue weighted by molar-refractivity contribution is 6.31. The molecule has 0 aliphatic carbocycles. The fraction of sp³-hybridized carbons (Fsp3) is 0.348. The fourth-order valence-corrected chi connectivity index (χ4v) is 3.92. The lowest BCUT2D eigenvalue weighted by atomic mass is 10.2. The number of rotatable bonds is 6. The van der Waals surface area contributed by atoms with E-state index in [1.807, 2.05) is 36.4 Å². The van der Waals surface area contributed by atoms with Crippen molar-refractivity contribution in [3.05, 3.63) is 65.3 Å². The van der Waals surface area contributed by atoms with Crippen LogP contribution in [0.2, 0.25) is 5.02 Å². The Labute approximate surface area is 182 Å². The smallest absolute Gasteiger partial charge is 0.321 e. The molecule has 1 aromatic heterocycles. The van der Waals surface area contributed by atoms with E-state index >= 15 is 0 Å². The van der Waals surface area contributed by atoms with Crippen molar-refractivity contribution < 1.29 is 9.53 Å². The van der Waals surface area contributed by atoms with E-state index in [1.165, 1.54) is 5.52 Å². The van der Waals surface area contributed by atoms with Crippen molar-refractivity contribution >= 4 is 34.2 Å². The monoisotopic (exact) mass is 426 g/mol. The average molecular weight is 427 g/mol. The molecule has 0 unspecified atom stereocenters. The third-order valence-corrected chi connectivity index (χ3v) is 5.86. The number of hydrogen-bond donors (Lipinski definition) is 1. The van der Waals surface area contributed by atoms with Gasteiger partial charge >= 0.3 is 6.03 Å². The number of carbonyl (C=O) groups excluding carboxylic acids is 1. The highest BCUT2D eigenvalue weighted by atomic mass is 35.5. The van der Waals surface area contributed by atoms with Gasteiger partial charge in [-0.25, -0.2) is 4.79 Å². The van der Waals surface area contributed by atoms with Crippen LogP contribution in [0.4, 0.5) is 10.5 Å². The molecule has 1 fully saturated rings. The van der Waals surface area contributed by atoms with Gasteiger partial charge < -0.3 is 19.5 Å². The number of anilines is 1. The zero-order valence-corrected chi connectivity index (χ0v) is 17.9. The third-order valence-electron chi connectivity index (χ3n) is 5.50. The van der Waals surface area contributed by atoms with Gasteiger partial charge in [0.2, 0.25) is 0 Å². The largest absolute Gasteiger partial charge is 0.379 e. The minimum atomic E-state index is -0.166. The molecule has 0 atom stereocenters. The molecule has 7 heteroatoms. The van der Waals surface area contributed by atoms with Crippen LogP contribution in [0.1, 0.15) is 5.56 Å². The van der Waals surface area contributed by atoms with Crippen molar-refractivity contribution in [2.45, 2.75) is 13.1 Å². The first-order chi connectivity index (χ1) is 14.6. The number of urea groups is 1. The Balaban J connectivity index is 1.37. The number of nitrogens with one attached hydrogen (secondary N) is 1. The molecule has 2 heterocycles. The molecule has 1 N–H and O–H groups in total. The molecule has 1 aliphatic rings. The Hall–Kier alpha value is -2.54. The number of amides is 2. The molecule has 1 saturated heterocycles. The molecule has 4 rings (SSSR count). The lowest BCUT2D eigenvalue weighted by Gasteiger charge is -2.26. The zero-order chi connectivity index (χ0) is 20.9. The van der Waals surface area contributed by atoms with Crippen LogP contribution in [0.3, 0.4) is 0 Å². The molecule has 0 radical (unpaired) electrons. The number of carbonyl (C=O) groups is 1. The maximum atomic E-state index is 12.6. The predicted octanol–water partition coefficient (Wildman–Crippen LogP) is 4.29. The molecule has 1 aliphatic heterocycles. The zero-order valence-electron chi connectivity index (χ0n) is 17.2. The number of ether oxygens (including phenoxy) is 1. The second kappa shape index (κ2) is 9.51. The van der Waals surface area contributed by atoms with Crippen LogP contribution in [0.15, 0.2) is 54.7 Å². The Morgan fingerprint density at radius 2 is 1.93 bits per heavy atom. The van der Waals surface area contributed by atoms with Crippen LogP contribution in [0.25, 0.3) is 10.9 Å². The number of nitrogens with zero attached hydrogens (tertiary/aromatic N) is 3. The van der Waals surface area contributed by atoms with Gasteiger partial charge in [0.05, 0.1) is 13.2 Å². The van der Waals surface area contributed by atoms with Gasteiger partial charge in [-0.15, -0.1) is 0 Å². The molecular weight excluding hydrogens is 400 g/mol. The van der Waals surface area contributed by atoms with E-state index in [-0.39, 0.29) is 6.03 Å². The number of aromatic nitrogens is 1. The molecule has 2 aromatic carbocycles. The number of fused-ring (bicyclic) bond motifs is 1. The summed E-state index contributed by atoms with van der Waals surface area (Å²) >= 11 is 6.21. The molecule has 30 heavy (non-hydrogen) atoms. The topological polar surface area (TPSA) is 49.7 Å². The van der Waals surface area contributed by atoms with Crippen LogP contribution in [0.5, 0.6) is 0 Å². The number of hydrogen-bond acceptors (Lipinski definition) is 3. The molecule has 6 nitrogen and oxygen atoms in total. The van der Waals surface area contributed by atoms with E-state index in [9.17, 15) is 4.79 Å². The average Bonchev–Trinajstić information content (AvgIpc) is 3.17. The number of halogens is 1. The summed E-state index contributed by atoms with van der Waals surface area (Å²) in [6.07, 6.45) is 2.11. The summed E-state index contributed by atoms with van der Waals surface area (Å²) in [5, 5.41) is 4.76. The maximum Gasteiger partial charge on any atom is 0.321 e. The molecule has 0 spiro atoms. The van der Waals surface area contributed by atoms with Crippen molar-refractivity contribution in [2.75, 3.05) is 45.2 Å². The lowest BCUT2D eigenvalue weighted by Crippen LogP contribution is -2.38. The quantitative estimate of drug-likeness (QED) is 0.639. The maximum absolute atomic E-state index is 12.6. The molecular formula is C23H27ClN4O2. The van der Waals surface area contributed by atoms with Crippen molar-refractivity contribution in [3.8, 4) is 0 Å². The first-order valence-electron chi connectivity index (χ1n) is 10.2. The van der Waals surface area contributed by atoms with Gasteiger partial charge in [-0.2, -0.15) is 0 Å². The summed E-state index contributed by atoms with van der Waals surface area (Å²) in [6.45, 7) is 6.04. The molecule has 3 aromatic rings. The van der Waals surface area contributed by atoms with Gasteiger partial charge in [-0.3, -0.25) is 4.90 Å². The molecule has 158 valence electrons. The summed E-state index contributed by atoms with van der Waals surface area (Å²) in [7, 11) is 1.76. The van der Waals surface area contributed by atoms with E-state index in [4.69, 9.17) is 16.3 Å². The molecule has 0 saturated carbocycles. The van der Waals surface area contributed by atoms with Crippen LogP contribution < -0.4 is 5.32 Å².